The highest BCUT2D eigenvalue weighted by Crippen LogP contribution is 2.09. The largest absolute Gasteiger partial charge is 0.455 e. The van der Waals surface area contributed by atoms with Gasteiger partial charge in [-0.2, -0.15) is 0 Å². The van der Waals surface area contributed by atoms with Crippen LogP contribution >= 0.6 is 11.6 Å². The second-order valence-corrected chi connectivity index (χ2v) is 4.02. The topological polar surface area (TPSA) is 71.3 Å². The SMILES string of the molecule is CCCNC(=O)CCNC(=O)c1ccc(CCl)o1. The van der Waals surface area contributed by atoms with Gasteiger partial charge in [0, 0.05) is 19.5 Å². The average Bonchev–Trinajstić information content (AvgIpc) is 2.85. The Labute approximate surface area is 111 Å². The maximum absolute atomic E-state index is 11.6. The van der Waals surface area contributed by atoms with Gasteiger partial charge in [0.2, 0.25) is 5.91 Å². The zero-order valence-electron chi connectivity index (χ0n) is 10.3. The second kappa shape index (κ2) is 7.76. The molecule has 100 valence electrons. The van der Waals surface area contributed by atoms with E-state index in [1.165, 1.54) is 0 Å². The molecule has 0 aliphatic carbocycles. The fraction of sp³-hybridized carbons (Fsp3) is 0.500. The van der Waals surface area contributed by atoms with Crippen molar-refractivity contribution in [1.29, 1.82) is 0 Å². The summed E-state index contributed by atoms with van der Waals surface area (Å²) in [6, 6.07) is 3.21. The molecule has 0 aromatic carbocycles. The number of rotatable bonds is 7. The van der Waals surface area contributed by atoms with E-state index >= 15 is 0 Å². The predicted molar refractivity (Wildman–Crippen MR) is 68.5 cm³/mol. The van der Waals surface area contributed by atoms with Crippen molar-refractivity contribution in [2.75, 3.05) is 13.1 Å². The Morgan fingerprint density at radius 1 is 1.28 bits per heavy atom. The van der Waals surface area contributed by atoms with Crippen LogP contribution in [0.5, 0.6) is 0 Å². The molecule has 0 aliphatic rings. The molecule has 0 atom stereocenters. The Bertz CT molecular complexity index is 404. The lowest BCUT2D eigenvalue weighted by Gasteiger charge is -2.04. The number of alkyl halides is 1. The van der Waals surface area contributed by atoms with E-state index in [9.17, 15) is 9.59 Å². The van der Waals surface area contributed by atoms with Gasteiger partial charge in [-0.3, -0.25) is 9.59 Å². The van der Waals surface area contributed by atoms with Crippen molar-refractivity contribution in [3.63, 3.8) is 0 Å². The van der Waals surface area contributed by atoms with Gasteiger partial charge in [-0.25, -0.2) is 0 Å². The summed E-state index contributed by atoms with van der Waals surface area (Å²) in [4.78, 5) is 22.9. The summed E-state index contributed by atoms with van der Waals surface area (Å²) in [5.41, 5.74) is 0. The van der Waals surface area contributed by atoms with Crippen LogP contribution in [-0.2, 0) is 10.7 Å². The number of hydrogen-bond donors (Lipinski definition) is 2. The summed E-state index contributed by atoms with van der Waals surface area (Å²) in [7, 11) is 0. The molecule has 0 unspecified atom stereocenters. The number of hydrogen-bond acceptors (Lipinski definition) is 3. The van der Waals surface area contributed by atoms with Crippen molar-refractivity contribution in [1.82, 2.24) is 10.6 Å². The van der Waals surface area contributed by atoms with Gasteiger partial charge in [-0.1, -0.05) is 6.92 Å². The highest BCUT2D eigenvalue weighted by molar-refractivity contribution is 6.16. The molecule has 2 amide bonds. The quantitative estimate of drug-likeness (QED) is 0.742. The molecular weight excluding hydrogens is 256 g/mol. The second-order valence-electron chi connectivity index (χ2n) is 3.76. The van der Waals surface area contributed by atoms with Crippen molar-refractivity contribution in [2.24, 2.45) is 0 Å². The minimum Gasteiger partial charge on any atom is -0.455 e. The molecule has 5 nitrogen and oxygen atoms in total. The Morgan fingerprint density at radius 3 is 2.67 bits per heavy atom. The summed E-state index contributed by atoms with van der Waals surface area (Å²) in [6.07, 6.45) is 1.15. The Hall–Kier alpha value is -1.49. The lowest BCUT2D eigenvalue weighted by molar-refractivity contribution is -0.120. The predicted octanol–water partition coefficient (Wildman–Crippen LogP) is 1.66. The number of halogens is 1. The van der Waals surface area contributed by atoms with E-state index in [1.807, 2.05) is 6.92 Å². The molecule has 1 aromatic rings. The molecular formula is C12H17ClN2O3. The van der Waals surface area contributed by atoms with Crippen LogP contribution in [0.25, 0.3) is 0 Å². The van der Waals surface area contributed by atoms with Gasteiger partial charge in [-0.15, -0.1) is 11.6 Å². The van der Waals surface area contributed by atoms with Crippen LogP contribution in [0.4, 0.5) is 0 Å². The molecule has 0 radical (unpaired) electrons. The first-order chi connectivity index (χ1) is 8.67. The molecule has 0 aliphatic heterocycles. The van der Waals surface area contributed by atoms with Gasteiger partial charge in [0.15, 0.2) is 5.76 Å². The van der Waals surface area contributed by atoms with Crippen LogP contribution in [0.2, 0.25) is 0 Å². The van der Waals surface area contributed by atoms with Crippen molar-refractivity contribution < 1.29 is 14.0 Å². The Morgan fingerprint density at radius 2 is 2.06 bits per heavy atom. The molecule has 0 fully saturated rings. The smallest absolute Gasteiger partial charge is 0.287 e. The summed E-state index contributed by atoms with van der Waals surface area (Å²) in [5.74, 6) is 0.571. The zero-order chi connectivity index (χ0) is 13.4. The van der Waals surface area contributed by atoms with Crippen molar-refractivity contribution in [3.8, 4) is 0 Å². The van der Waals surface area contributed by atoms with Gasteiger partial charge in [0.25, 0.3) is 5.91 Å². The Kier molecular flexibility index (Phi) is 6.28. The van der Waals surface area contributed by atoms with Gasteiger partial charge in [-0.05, 0) is 18.6 Å². The van der Waals surface area contributed by atoms with Crippen LogP contribution in [0.15, 0.2) is 16.5 Å². The number of furan rings is 1. The molecule has 1 heterocycles. The summed E-state index contributed by atoms with van der Waals surface area (Å²) in [6.45, 7) is 2.92. The third kappa shape index (κ3) is 4.79. The summed E-state index contributed by atoms with van der Waals surface area (Å²) < 4.78 is 5.17. The van der Waals surface area contributed by atoms with Crippen molar-refractivity contribution >= 4 is 23.4 Å². The molecule has 0 saturated heterocycles. The summed E-state index contributed by atoms with van der Waals surface area (Å²) >= 11 is 5.56. The van der Waals surface area contributed by atoms with Gasteiger partial charge in [0.05, 0.1) is 5.88 Å². The van der Waals surface area contributed by atoms with E-state index in [-0.39, 0.29) is 36.4 Å². The fourth-order valence-electron chi connectivity index (χ4n) is 1.30. The third-order valence-corrected chi connectivity index (χ3v) is 2.49. The minimum atomic E-state index is -0.338. The van der Waals surface area contributed by atoms with Gasteiger partial charge >= 0.3 is 0 Å². The van der Waals surface area contributed by atoms with Crippen molar-refractivity contribution in [3.05, 3.63) is 23.7 Å². The van der Waals surface area contributed by atoms with E-state index in [0.29, 0.717) is 12.3 Å². The maximum atomic E-state index is 11.6. The molecule has 18 heavy (non-hydrogen) atoms. The lowest BCUT2D eigenvalue weighted by atomic mass is 10.3. The molecule has 2 N–H and O–H groups in total. The highest BCUT2D eigenvalue weighted by Gasteiger charge is 2.10. The summed E-state index contributed by atoms with van der Waals surface area (Å²) in [5, 5.41) is 5.34. The average molecular weight is 273 g/mol. The number of nitrogens with one attached hydrogen (secondary N) is 2. The normalized spacial score (nSPS) is 10.1. The molecule has 0 spiro atoms. The number of carbonyl (C=O) groups excluding carboxylic acids is 2. The molecule has 0 bridgehead atoms. The minimum absolute atomic E-state index is 0.0713. The first-order valence-electron chi connectivity index (χ1n) is 5.87. The van der Waals surface area contributed by atoms with E-state index in [2.05, 4.69) is 10.6 Å². The highest BCUT2D eigenvalue weighted by atomic mass is 35.5. The van der Waals surface area contributed by atoms with Gasteiger partial charge in [0.1, 0.15) is 5.76 Å². The maximum Gasteiger partial charge on any atom is 0.287 e. The fourth-order valence-corrected chi connectivity index (χ4v) is 1.44. The van der Waals surface area contributed by atoms with E-state index in [4.69, 9.17) is 16.0 Å². The van der Waals surface area contributed by atoms with E-state index in [1.54, 1.807) is 12.1 Å². The van der Waals surface area contributed by atoms with Gasteiger partial charge < -0.3 is 15.1 Å². The van der Waals surface area contributed by atoms with Crippen LogP contribution in [-0.4, -0.2) is 24.9 Å². The van der Waals surface area contributed by atoms with Crippen LogP contribution < -0.4 is 10.6 Å². The van der Waals surface area contributed by atoms with Crippen LogP contribution in [0.3, 0.4) is 0 Å². The first-order valence-corrected chi connectivity index (χ1v) is 6.40. The molecule has 1 rings (SSSR count). The van der Waals surface area contributed by atoms with Crippen LogP contribution in [0, 0.1) is 0 Å². The molecule has 6 heteroatoms. The number of carbonyl (C=O) groups is 2. The Balaban J connectivity index is 2.26. The van der Waals surface area contributed by atoms with Crippen molar-refractivity contribution in [2.45, 2.75) is 25.6 Å². The van der Waals surface area contributed by atoms with Crippen LogP contribution in [0.1, 0.15) is 36.1 Å². The van der Waals surface area contributed by atoms with E-state index in [0.717, 1.165) is 6.42 Å². The standard InChI is InChI=1S/C12H17ClN2O3/c1-2-6-14-11(16)5-7-15-12(17)10-4-3-9(8-13)18-10/h3-4H,2,5-8H2,1H3,(H,14,16)(H,15,17). The zero-order valence-corrected chi connectivity index (χ0v) is 11.0. The third-order valence-electron chi connectivity index (χ3n) is 2.23. The molecule has 0 saturated carbocycles. The monoisotopic (exact) mass is 272 g/mol. The lowest BCUT2D eigenvalue weighted by Crippen LogP contribution is -2.30. The first kappa shape index (κ1) is 14.6. The molecule has 1 aromatic heterocycles. The van der Waals surface area contributed by atoms with E-state index < -0.39 is 0 Å². The number of amides is 2.